The zero-order valence-corrected chi connectivity index (χ0v) is 48.4. The topological polar surface area (TPSA) is 88.1 Å². The van der Waals surface area contributed by atoms with Crippen molar-refractivity contribution in [2.24, 2.45) is 17.8 Å². The molecule has 0 saturated heterocycles. The summed E-state index contributed by atoms with van der Waals surface area (Å²) in [5.74, 6) is 5.07. The van der Waals surface area contributed by atoms with Gasteiger partial charge in [0, 0.05) is 80.7 Å². The SMILES string of the molecule is C[C@H]1c2cccc([C@H]3c4cccc([C@H]5c6ccccc6OC(c6ccccc6)[C@@H]5C)c4OC(c4ccccc4)[C@@H]3C)c2OC(c2ccccc2)[C@@H]1C.O=c1cc(-c2cccc(-c3cccc4c(=O)cc(-c5ccccc5)oc34)c2)oc2ccccc12. The molecule has 0 fully saturated rings. The van der Waals surface area contributed by atoms with Gasteiger partial charge in [-0.1, -0.05) is 246 Å². The van der Waals surface area contributed by atoms with Crippen LogP contribution in [0.25, 0.3) is 55.7 Å². The number of hydrogen-bond acceptors (Lipinski definition) is 7. The fourth-order valence-corrected chi connectivity index (χ4v) is 13.7. The smallest absolute Gasteiger partial charge is 0.193 e. The lowest BCUT2D eigenvalue weighted by molar-refractivity contribution is 0.0902. The molecule has 0 saturated carbocycles. The zero-order valence-electron chi connectivity index (χ0n) is 48.4. The Morgan fingerprint density at radius 2 is 0.756 bits per heavy atom. The predicted octanol–water partition coefficient (Wildman–Crippen LogP) is 19.3. The maximum absolute atomic E-state index is 12.9. The lowest BCUT2D eigenvalue weighted by Crippen LogP contribution is -2.33. The molecule has 0 bridgehead atoms. The summed E-state index contributed by atoms with van der Waals surface area (Å²) in [5, 5.41) is 1.06. The molecule has 3 aliphatic rings. The van der Waals surface area contributed by atoms with Crippen LogP contribution in [-0.4, -0.2) is 0 Å². The summed E-state index contributed by atoms with van der Waals surface area (Å²) in [4.78, 5) is 25.5. The van der Waals surface area contributed by atoms with Crippen molar-refractivity contribution in [3.8, 4) is 51.0 Å². The van der Waals surface area contributed by atoms with Gasteiger partial charge in [0.1, 0.15) is 58.2 Å². The average Bonchev–Trinajstić information content (AvgIpc) is 0.858. The molecule has 0 radical (unpaired) electrons. The van der Waals surface area contributed by atoms with Gasteiger partial charge in [-0.15, -0.1) is 0 Å². The highest BCUT2D eigenvalue weighted by Crippen LogP contribution is 2.59. The molecule has 0 spiro atoms. The highest BCUT2D eigenvalue weighted by Gasteiger charge is 2.45. The second-order valence-corrected chi connectivity index (χ2v) is 23.3. The summed E-state index contributed by atoms with van der Waals surface area (Å²) < 4.78 is 33.7. The standard InChI is InChI=1S/C49H46O3.C30H18O4/c1-30-31(2)45(34-18-8-5-9-19-34)51-48-37(30)25-16-26-40(48)44-33(4)47(36-22-12-7-13-23-36)52-49-39(27-17-28-41(44)49)43-32(3)46(35-20-10-6-11-21-35)50-42-29-15-14-24-38(42)43;31-25-17-29(33-27-15-5-4-12-23(25)27)21-11-6-10-20(16-21)22-13-7-14-24-26(32)18-28(34-30(22)24)19-8-2-1-3-9-19/h5-33,43-47H,1-4H3;1-18H/t30-,31-,32-,33-,43-,44+,45?,46?,47?;/m1./s1. The molecule has 12 aromatic rings. The first-order chi connectivity index (χ1) is 42.2. The first kappa shape index (κ1) is 54.0. The van der Waals surface area contributed by atoms with E-state index < -0.39 is 0 Å². The summed E-state index contributed by atoms with van der Waals surface area (Å²) in [6.45, 7) is 9.39. The third-order valence-corrected chi connectivity index (χ3v) is 18.2. The van der Waals surface area contributed by atoms with Crippen LogP contribution < -0.4 is 25.1 Å². The molecule has 0 amide bonds. The number of para-hydroxylation sites is 5. The Hall–Kier alpha value is -9.98. The van der Waals surface area contributed by atoms with E-state index >= 15 is 0 Å². The van der Waals surface area contributed by atoms with Crippen LogP contribution >= 0.6 is 0 Å². The summed E-state index contributed by atoms with van der Waals surface area (Å²) >= 11 is 0. The van der Waals surface area contributed by atoms with E-state index in [1.807, 2.05) is 78.9 Å². The van der Waals surface area contributed by atoms with E-state index in [9.17, 15) is 9.59 Å². The minimum Gasteiger partial charge on any atom is -0.485 e. The van der Waals surface area contributed by atoms with Crippen LogP contribution in [0.2, 0.25) is 0 Å². The molecule has 422 valence electrons. The van der Waals surface area contributed by atoms with Gasteiger partial charge in [0.05, 0.1) is 10.8 Å². The van der Waals surface area contributed by atoms with E-state index in [2.05, 4.69) is 179 Å². The van der Waals surface area contributed by atoms with E-state index in [0.29, 0.717) is 45.3 Å². The van der Waals surface area contributed by atoms with Crippen molar-refractivity contribution >= 4 is 21.9 Å². The van der Waals surface area contributed by atoms with Crippen LogP contribution in [0.4, 0.5) is 0 Å². The molecule has 3 aliphatic heterocycles. The molecule has 7 heteroatoms. The third-order valence-electron chi connectivity index (χ3n) is 18.2. The Kier molecular flexibility index (Phi) is 14.4. The molecule has 7 nitrogen and oxygen atoms in total. The number of hydrogen-bond donors (Lipinski definition) is 0. The predicted molar refractivity (Wildman–Crippen MR) is 343 cm³/mol. The van der Waals surface area contributed by atoms with Gasteiger partial charge in [-0.25, -0.2) is 0 Å². The Balaban J connectivity index is 0.000000166. The molecule has 3 unspecified atom stereocenters. The van der Waals surface area contributed by atoms with Crippen molar-refractivity contribution in [1.29, 1.82) is 0 Å². The Labute approximate surface area is 500 Å². The van der Waals surface area contributed by atoms with Crippen LogP contribution in [0.5, 0.6) is 17.2 Å². The van der Waals surface area contributed by atoms with Crippen molar-refractivity contribution < 1.29 is 23.0 Å². The number of fused-ring (bicyclic) bond motifs is 5. The first-order valence-corrected chi connectivity index (χ1v) is 29.9. The summed E-state index contributed by atoms with van der Waals surface area (Å²) in [5.41, 5.74) is 13.9. The number of ether oxygens (including phenoxy) is 3. The number of rotatable bonds is 8. The van der Waals surface area contributed by atoms with Crippen LogP contribution in [0.3, 0.4) is 0 Å². The largest absolute Gasteiger partial charge is 0.485 e. The molecular weight excluding hydrogens is 1060 g/mol. The number of benzene rings is 10. The molecule has 15 rings (SSSR count). The van der Waals surface area contributed by atoms with Gasteiger partial charge in [0.25, 0.3) is 0 Å². The Morgan fingerprint density at radius 1 is 0.326 bits per heavy atom. The second-order valence-electron chi connectivity index (χ2n) is 23.3. The van der Waals surface area contributed by atoms with Gasteiger partial charge >= 0.3 is 0 Å². The third kappa shape index (κ3) is 9.86. The van der Waals surface area contributed by atoms with Crippen molar-refractivity contribution in [3.63, 3.8) is 0 Å². The zero-order chi connectivity index (χ0) is 58.4. The van der Waals surface area contributed by atoms with E-state index in [-0.39, 0.29) is 52.8 Å². The Bertz CT molecular complexity index is 4550. The quantitative estimate of drug-likeness (QED) is 0.150. The summed E-state index contributed by atoms with van der Waals surface area (Å²) in [7, 11) is 0. The van der Waals surface area contributed by atoms with Crippen molar-refractivity contribution in [1.82, 2.24) is 0 Å². The summed E-state index contributed by atoms with van der Waals surface area (Å²) in [6.07, 6.45) is -0.255. The lowest BCUT2D eigenvalue weighted by atomic mass is 9.70. The Morgan fingerprint density at radius 3 is 1.40 bits per heavy atom. The highest BCUT2D eigenvalue weighted by molar-refractivity contribution is 5.93. The normalized spacial score (nSPS) is 21.0. The van der Waals surface area contributed by atoms with Crippen LogP contribution in [0.15, 0.2) is 279 Å². The van der Waals surface area contributed by atoms with E-state index in [1.165, 1.54) is 56.6 Å². The maximum atomic E-state index is 12.9. The van der Waals surface area contributed by atoms with E-state index in [4.69, 9.17) is 23.0 Å². The van der Waals surface area contributed by atoms with Crippen LogP contribution in [-0.2, 0) is 0 Å². The molecule has 86 heavy (non-hydrogen) atoms. The molecule has 0 aliphatic carbocycles. The fourth-order valence-electron chi connectivity index (χ4n) is 13.7. The van der Waals surface area contributed by atoms with Crippen LogP contribution in [0.1, 0.15) is 108 Å². The minimum absolute atomic E-state index is 0.0229. The molecule has 9 atom stereocenters. The minimum atomic E-state index is -0.143. The monoisotopic (exact) mass is 1120 g/mol. The van der Waals surface area contributed by atoms with Gasteiger partial charge in [0.15, 0.2) is 10.9 Å². The van der Waals surface area contributed by atoms with E-state index in [0.717, 1.165) is 39.5 Å². The van der Waals surface area contributed by atoms with Gasteiger partial charge in [0.2, 0.25) is 0 Å². The fraction of sp³-hybridized carbons (Fsp3) is 0.165. The molecule has 2 aromatic heterocycles. The van der Waals surface area contributed by atoms with Crippen molar-refractivity contribution in [3.05, 3.63) is 326 Å². The van der Waals surface area contributed by atoms with Gasteiger partial charge in [-0.05, 0) is 64.1 Å². The molecule has 10 aromatic carbocycles. The molecule has 5 heterocycles. The lowest BCUT2D eigenvalue weighted by Gasteiger charge is -2.44. The van der Waals surface area contributed by atoms with E-state index in [1.54, 1.807) is 18.2 Å². The second kappa shape index (κ2) is 22.9. The maximum Gasteiger partial charge on any atom is 0.193 e. The van der Waals surface area contributed by atoms with Gasteiger partial charge in [-0.2, -0.15) is 0 Å². The van der Waals surface area contributed by atoms with Crippen molar-refractivity contribution in [2.45, 2.75) is 63.8 Å². The molecule has 0 N–H and O–H groups in total. The van der Waals surface area contributed by atoms with Gasteiger partial charge < -0.3 is 23.0 Å². The average molecular weight is 1130 g/mol. The van der Waals surface area contributed by atoms with Crippen LogP contribution in [0, 0.1) is 17.8 Å². The van der Waals surface area contributed by atoms with Gasteiger partial charge in [-0.3, -0.25) is 9.59 Å². The first-order valence-electron chi connectivity index (χ1n) is 29.9. The molecular formula is C79H64O7. The van der Waals surface area contributed by atoms with Crippen molar-refractivity contribution in [2.75, 3.05) is 0 Å². The summed E-state index contributed by atoms with van der Waals surface area (Å²) in [6, 6.07) is 87.5. The highest BCUT2D eigenvalue weighted by atomic mass is 16.5.